The fourth-order valence-corrected chi connectivity index (χ4v) is 2.36. The second kappa shape index (κ2) is 5.24. The smallest absolute Gasteiger partial charge is 0.257 e. The Morgan fingerprint density at radius 1 is 1.56 bits per heavy atom. The van der Waals surface area contributed by atoms with Crippen LogP contribution < -0.4 is 5.73 Å². The molecule has 0 spiro atoms. The minimum absolute atomic E-state index is 0.0405. The average Bonchev–Trinajstić information content (AvgIpc) is 2.35. The van der Waals surface area contributed by atoms with E-state index in [1.165, 1.54) is 0 Å². The quantitative estimate of drug-likeness (QED) is 0.846. The van der Waals surface area contributed by atoms with Gasteiger partial charge in [0.1, 0.15) is 5.82 Å². The number of nitrogens with two attached hydrogens (primary N) is 1. The van der Waals surface area contributed by atoms with Crippen molar-refractivity contribution in [1.29, 1.82) is 0 Å². The summed E-state index contributed by atoms with van der Waals surface area (Å²) >= 11 is 3.31. The van der Waals surface area contributed by atoms with Crippen LogP contribution in [0.15, 0.2) is 16.7 Å². The molecular formula is C12H17BrN4O. The molecule has 6 heteroatoms. The second-order valence-electron chi connectivity index (χ2n) is 4.67. The summed E-state index contributed by atoms with van der Waals surface area (Å²) in [6, 6.07) is 2.09. The van der Waals surface area contributed by atoms with Crippen LogP contribution in [0.2, 0.25) is 0 Å². The van der Waals surface area contributed by atoms with Crippen molar-refractivity contribution in [2.45, 2.75) is 13.0 Å². The Balaban J connectivity index is 2.19. The van der Waals surface area contributed by atoms with Gasteiger partial charge in [-0.3, -0.25) is 4.79 Å². The normalized spacial score (nSPS) is 21.1. The monoisotopic (exact) mass is 312 g/mol. The fraction of sp³-hybridized carbons (Fsp3) is 0.500. The van der Waals surface area contributed by atoms with Gasteiger partial charge in [0.25, 0.3) is 5.91 Å². The van der Waals surface area contributed by atoms with Gasteiger partial charge in [0.15, 0.2) is 0 Å². The van der Waals surface area contributed by atoms with E-state index >= 15 is 0 Å². The highest BCUT2D eigenvalue weighted by atomic mass is 79.9. The van der Waals surface area contributed by atoms with Gasteiger partial charge < -0.3 is 15.5 Å². The van der Waals surface area contributed by atoms with Gasteiger partial charge in [-0.2, -0.15) is 0 Å². The molecule has 0 bridgehead atoms. The zero-order valence-electron chi connectivity index (χ0n) is 10.6. The van der Waals surface area contributed by atoms with Crippen molar-refractivity contribution in [3.63, 3.8) is 0 Å². The number of rotatable bonds is 1. The molecule has 1 unspecified atom stereocenters. The summed E-state index contributed by atoms with van der Waals surface area (Å²) in [6.45, 7) is 4.45. The number of carbonyl (C=O) groups is 1. The molecule has 1 aromatic rings. The molecule has 2 heterocycles. The van der Waals surface area contributed by atoms with Crippen molar-refractivity contribution in [3.05, 3.63) is 22.3 Å². The lowest BCUT2D eigenvalue weighted by atomic mass is 10.1. The van der Waals surface area contributed by atoms with Gasteiger partial charge in [-0.05, 0) is 36.0 Å². The largest absolute Gasteiger partial charge is 0.383 e. The SMILES string of the molecule is CC1CN(C(=O)c2cc(Br)cnc2N)CCN1C. The maximum Gasteiger partial charge on any atom is 0.257 e. The first-order chi connectivity index (χ1) is 8.49. The van der Waals surface area contributed by atoms with Gasteiger partial charge in [-0.15, -0.1) is 0 Å². The molecular weight excluding hydrogens is 296 g/mol. The van der Waals surface area contributed by atoms with E-state index in [1.54, 1.807) is 12.3 Å². The van der Waals surface area contributed by atoms with Crippen LogP contribution in [0, 0.1) is 0 Å². The molecule has 1 aliphatic rings. The van der Waals surface area contributed by atoms with E-state index in [1.807, 2.05) is 4.90 Å². The number of hydrogen-bond acceptors (Lipinski definition) is 4. The van der Waals surface area contributed by atoms with Crippen molar-refractivity contribution in [3.8, 4) is 0 Å². The highest BCUT2D eigenvalue weighted by Gasteiger charge is 2.26. The summed E-state index contributed by atoms with van der Waals surface area (Å²) in [6.07, 6.45) is 1.60. The highest BCUT2D eigenvalue weighted by Crippen LogP contribution is 2.19. The second-order valence-corrected chi connectivity index (χ2v) is 5.58. The Morgan fingerprint density at radius 2 is 2.28 bits per heavy atom. The number of amides is 1. The number of halogens is 1. The molecule has 98 valence electrons. The molecule has 0 saturated carbocycles. The van der Waals surface area contributed by atoms with Crippen LogP contribution in [0.1, 0.15) is 17.3 Å². The van der Waals surface area contributed by atoms with E-state index in [0.717, 1.165) is 24.1 Å². The van der Waals surface area contributed by atoms with Crippen LogP contribution in [0.3, 0.4) is 0 Å². The topological polar surface area (TPSA) is 62.5 Å². The third-order valence-corrected chi connectivity index (χ3v) is 3.80. The van der Waals surface area contributed by atoms with Crippen LogP contribution in [-0.2, 0) is 0 Å². The van der Waals surface area contributed by atoms with Crippen molar-refractivity contribution in [1.82, 2.24) is 14.8 Å². The number of carbonyl (C=O) groups excluding carboxylic acids is 1. The minimum atomic E-state index is -0.0405. The molecule has 1 saturated heterocycles. The van der Waals surface area contributed by atoms with Gasteiger partial charge in [0, 0.05) is 36.3 Å². The summed E-state index contributed by atoms with van der Waals surface area (Å²) in [5.74, 6) is 0.246. The molecule has 18 heavy (non-hydrogen) atoms. The van der Waals surface area contributed by atoms with Crippen molar-refractivity contribution in [2.24, 2.45) is 0 Å². The van der Waals surface area contributed by atoms with E-state index in [4.69, 9.17) is 5.73 Å². The number of pyridine rings is 1. The van der Waals surface area contributed by atoms with Crippen LogP contribution in [0.5, 0.6) is 0 Å². The Bertz CT molecular complexity index is 465. The number of nitrogen functional groups attached to an aromatic ring is 1. The zero-order valence-corrected chi connectivity index (χ0v) is 12.1. The lowest BCUT2D eigenvalue weighted by Gasteiger charge is -2.37. The molecule has 0 radical (unpaired) electrons. The van der Waals surface area contributed by atoms with Gasteiger partial charge in [0.2, 0.25) is 0 Å². The van der Waals surface area contributed by atoms with Crippen molar-refractivity contribution >= 4 is 27.7 Å². The van der Waals surface area contributed by atoms with Crippen LogP contribution in [0.4, 0.5) is 5.82 Å². The Hall–Kier alpha value is -1.14. The minimum Gasteiger partial charge on any atom is -0.383 e. The number of nitrogens with zero attached hydrogens (tertiary/aromatic N) is 3. The lowest BCUT2D eigenvalue weighted by Crippen LogP contribution is -2.52. The summed E-state index contributed by atoms with van der Waals surface area (Å²) < 4.78 is 0.766. The molecule has 5 nitrogen and oxygen atoms in total. The first kappa shape index (κ1) is 13.3. The van der Waals surface area contributed by atoms with E-state index in [2.05, 4.69) is 39.8 Å². The standard InChI is InChI=1S/C12H17BrN4O/c1-8-7-17(4-3-16(8)2)12(18)10-5-9(13)6-15-11(10)14/h5-6,8H,3-4,7H2,1-2H3,(H2,14,15). The fourth-order valence-electron chi connectivity index (χ4n) is 2.02. The zero-order chi connectivity index (χ0) is 13.3. The van der Waals surface area contributed by atoms with Crippen LogP contribution >= 0.6 is 15.9 Å². The molecule has 2 rings (SSSR count). The molecule has 1 aromatic heterocycles. The number of piperazine rings is 1. The van der Waals surface area contributed by atoms with E-state index in [9.17, 15) is 4.79 Å². The number of hydrogen-bond donors (Lipinski definition) is 1. The maximum atomic E-state index is 12.4. The van der Waals surface area contributed by atoms with E-state index < -0.39 is 0 Å². The number of aromatic nitrogens is 1. The highest BCUT2D eigenvalue weighted by molar-refractivity contribution is 9.10. The number of anilines is 1. The molecule has 1 aliphatic heterocycles. The van der Waals surface area contributed by atoms with E-state index in [-0.39, 0.29) is 11.7 Å². The molecule has 1 fully saturated rings. The van der Waals surface area contributed by atoms with Crippen molar-refractivity contribution in [2.75, 3.05) is 32.4 Å². The third kappa shape index (κ3) is 2.64. The first-order valence-corrected chi connectivity index (χ1v) is 6.69. The summed E-state index contributed by atoms with van der Waals surface area (Å²) in [5, 5.41) is 0. The van der Waals surface area contributed by atoms with Gasteiger partial charge in [-0.25, -0.2) is 4.98 Å². The molecule has 0 aromatic carbocycles. The molecule has 1 amide bonds. The molecule has 0 aliphatic carbocycles. The predicted molar refractivity (Wildman–Crippen MR) is 74.3 cm³/mol. The van der Waals surface area contributed by atoms with Gasteiger partial charge >= 0.3 is 0 Å². The van der Waals surface area contributed by atoms with Crippen LogP contribution in [-0.4, -0.2) is 53.4 Å². The first-order valence-electron chi connectivity index (χ1n) is 5.89. The maximum absolute atomic E-state index is 12.4. The van der Waals surface area contributed by atoms with Gasteiger partial charge in [-0.1, -0.05) is 0 Å². The predicted octanol–water partition coefficient (Wildman–Crippen LogP) is 1.20. The summed E-state index contributed by atoms with van der Waals surface area (Å²) in [7, 11) is 2.07. The summed E-state index contributed by atoms with van der Waals surface area (Å²) in [4.78, 5) is 20.5. The Labute approximate surface area is 115 Å². The summed E-state index contributed by atoms with van der Waals surface area (Å²) in [5.41, 5.74) is 6.24. The Morgan fingerprint density at radius 3 is 2.94 bits per heavy atom. The van der Waals surface area contributed by atoms with Crippen LogP contribution in [0.25, 0.3) is 0 Å². The average molecular weight is 313 g/mol. The lowest BCUT2D eigenvalue weighted by molar-refractivity contribution is 0.0573. The third-order valence-electron chi connectivity index (χ3n) is 3.36. The Kier molecular flexibility index (Phi) is 3.87. The van der Waals surface area contributed by atoms with Gasteiger partial charge in [0.05, 0.1) is 5.56 Å². The molecule has 1 atom stereocenters. The van der Waals surface area contributed by atoms with Crippen molar-refractivity contribution < 1.29 is 4.79 Å². The van der Waals surface area contributed by atoms with E-state index in [0.29, 0.717) is 11.6 Å². The molecule has 2 N–H and O–H groups in total. The number of likely N-dealkylation sites (N-methyl/N-ethyl adjacent to an activating group) is 1.